The molecule has 1 atom stereocenters. The molecule has 18 heteroatoms. The van der Waals surface area contributed by atoms with E-state index in [1.807, 2.05) is 6.07 Å². The molecule has 1 radical (unpaired) electrons. The van der Waals surface area contributed by atoms with Crippen molar-refractivity contribution in [3.05, 3.63) is 45.6 Å². The third-order valence-electron chi connectivity index (χ3n) is 9.41. The van der Waals surface area contributed by atoms with E-state index < -0.39 is 49.0 Å². The molecule has 2 aliphatic rings. The molecule has 295 valence electrons. The van der Waals surface area contributed by atoms with E-state index in [4.69, 9.17) is 18.9 Å². The van der Waals surface area contributed by atoms with Crippen LogP contribution in [0.2, 0.25) is 0 Å². The van der Waals surface area contributed by atoms with Gasteiger partial charge in [0.05, 0.1) is 58.9 Å². The van der Waals surface area contributed by atoms with Gasteiger partial charge in [0.25, 0.3) is 0 Å². The van der Waals surface area contributed by atoms with Crippen LogP contribution < -0.4 is 45.0 Å². The minimum absolute atomic E-state index is 0. The standard InChI is InChI=1S/C36H49N5O12.Gd/c1-50-28-8-6-24-25(18-27(28)42)26(7-5-23-17-29(51-2)35(52-3)36(53-4)34(23)24)37-30(43)19-38-9-11-39(20-31(44)45)13-15-41(22-33(48)49)16-14-40(12-10-38)21-32(46)47;/h6,8,17-18,26H,5,7,9-16,19-22H2,1-4H3,(H,37,43)(H,44,45)(H,46,47)(H,48,49);/q;+3/p-3/t26-;/m0./s1. The zero-order valence-corrected chi connectivity index (χ0v) is 33.1. The van der Waals surface area contributed by atoms with Crippen LogP contribution in [0.3, 0.4) is 0 Å². The topological polar surface area (TPSA) is 216 Å². The minimum Gasteiger partial charge on any atom is -0.549 e. The largest absolute Gasteiger partial charge is 3.00 e. The molecule has 0 saturated carbocycles. The normalized spacial score (nSPS) is 17.5. The summed E-state index contributed by atoms with van der Waals surface area (Å²) in [6, 6.07) is 5.96. The average molecular weight is 898 g/mol. The SMILES string of the molecule is COc1cc2c(c(OC)c1OC)-c1ccc(OC)c(=O)cc1[C@@H](NC(=O)CN1CCN(CC(=O)[O-])CCN(CC(=O)[O-])CCN(CC(=O)[O-])CC1)CC2.[Gd+3]. The van der Waals surface area contributed by atoms with Gasteiger partial charge in [0.15, 0.2) is 17.2 Å². The zero-order chi connectivity index (χ0) is 38.7. The van der Waals surface area contributed by atoms with Crippen LogP contribution in [-0.2, 0) is 25.6 Å². The number of methoxy groups -OCH3 is 4. The van der Waals surface area contributed by atoms with E-state index in [0.717, 1.165) is 5.56 Å². The molecule has 1 saturated heterocycles. The maximum absolute atomic E-state index is 13.9. The second-order valence-corrected chi connectivity index (χ2v) is 12.8. The Bertz CT molecular complexity index is 1680. The molecule has 1 aliphatic heterocycles. The van der Waals surface area contributed by atoms with Gasteiger partial charge in [-0.25, -0.2) is 0 Å². The van der Waals surface area contributed by atoms with Crippen LogP contribution in [-0.4, -0.2) is 150 Å². The summed E-state index contributed by atoms with van der Waals surface area (Å²) in [4.78, 5) is 68.2. The number of hydrogen-bond donors (Lipinski definition) is 1. The maximum Gasteiger partial charge on any atom is 3.00 e. The van der Waals surface area contributed by atoms with Crippen molar-refractivity contribution in [2.24, 2.45) is 0 Å². The Hall–Kier alpha value is -3.65. The third kappa shape index (κ3) is 12.2. The van der Waals surface area contributed by atoms with E-state index in [1.165, 1.54) is 34.5 Å². The molecule has 0 bridgehead atoms. The van der Waals surface area contributed by atoms with Crippen molar-refractivity contribution < 1.29 is 93.4 Å². The third-order valence-corrected chi connectivity index (χ3v) is 9.41. The number of fused-ring (bicyclic) bond motifs is 3. The van der Waals surface area contributed by atoms with Crippen LogP contribution in [0.1, 0.15) is 23.6 Å². The number of aliphatic carboxylic acids is 3. The van der Waals surface area contributed by atoms with Crippen LogP contribution in [0.25, 0.3) is 11.1 Å². The van der Waals surface area contributed by atoms with E-state index >= 15 is 0 Å². The summed E-state index contributed by atoms with van der Waals surface area (Å²) in [6.07, 6.45) is 0.868. The second kappa shape index (κ2) is 21.4. The fraction of sp³-hybridized carbons (Fsp3) is 0.528. The van der Waals surface area contributed by atoms with E-state index in [1.54, 1.807) is 31.7 Å². The van der Waals surface area contributed by atoms with E-state index in [-0.39, 0.29) is 110 Å². The summed E-state index contributed by atoms with van der Waals surface area (Å²) in [5.41, 5.74) is 2.29. The number of hydrogen-bond acceptors (Lipinski definition) is 16. The number of aryl methyl sites for hydroxylation is 1. The van der Waals surface area contributed by atoms with Crippen molar-refractivity contribution in [2.45, 2.75) is 18.9 Å². The first-order chi connectivity index (χ1) is 25.4. The van der Waals surface area contributed by atoms with Gasteiger partial charge in [-0.3, -0.25) is 29.2 Å². The molecule has 2 aromatic rings. The van der Waals surface area contributed by atoms with Gasteiger partial charge in [-0.05, 0) is 47.7 Å². The molecule has 54 heavy (non-hydrogen) atoms. The Labute approximate surface area is 345 Å². The zero-order valence-electron chi connectivity index (χ0n) is 30.8. The predicted molar refractivity (Wildman–Crippen MR) is 184 cm³/mol. The molecule has 4 rings (SSSR count). The Morgan fingerprint density at radius 3 is 1.56 bits per heavy atom. The average Bonchev–Trinajstić information content (AvgIpc) is 3.35. The first-order valence-corrected chi connectivity index (χ1v) is 17.2. The van der Waals surface area contributed by atoms with Crippen molar-refractivity contribution in [1.29, 1.82) is 0 Å². The number of ether oxygens (including phenoxy) is 4. The number of nitrogens with one attached hydrogen (secondary N) is 1. The molecule has 1 aliphatic carbocycles. The molecule has 0 unspecified atom stereocenters. The van der Waals surface area contributed by atoms with Crippen molar-refractivity contribution in [3.63, 3.8) is 0 Å². The number of carboxylic acids is 3. The quantitative estimate of drug-likeness (QED) is 0.205. The Kier molecular flexibility index (Phi) is 17.8. The molecule has 0 spiro atoms. The first kappa shape index (κ1) is 44.7. The Morgan fingerprint density at radius 1 is 0.667 bits per heavy atom. The van der Waals surface area contributed by atoms with Gasteiger partial charge in [-0.15, -0.1) is 0 Å². The fourth-order valence-corrected chi connectivity index (χ4v) is 6.82. The van der Waals surface area contributed by atoms with Gasteiger partial charge < -0.3 is 54.0 Å². The molecule has 1 N–H and O–H groups in total. The van der Waals surface area contributed by atoms with Crippen molar-refractivity contribution in [2.75, 3.05) is 107 Å². The smallest absolute Gasteiger partial charge is 0.549 e. The summed E-state index contributed by atoms with van der Waals surface area (Å²) in [5, 5.41) is 37.6. The summed E-state index contributed by atoms with van der Waals surface area (Å²) in [5.74, 6) is -2.99. The summed E-state index contributed by atoms with van der Waals surface area (Å²) in [6.45, 7) is 0.185. The van der Waals surface area contributed by atoms with Crippen LogP contribution in [0.15, 0.2) is 29.1 Å². The van der Waals surface area contributed by atoms with Crippen molar-refractivity contribution in [1.82, 2.24) is 24.9 Å². The molecular weight excluding hydrogens is 852 g/mol. The number of carbonyl (C=O) groups is 4. The fourth-order valence-electron chi connectivity index (χ4n) is 6.82. The molecule has 0 aromatic heterocycles. The summed E-state index contributed by atoms with van der Waals surface area (Å²) < 4.78 is 22.4. The van der Waals surface area contributed by atoms with Gasteiger partial charge in [0, 0.05) is 77.6 Å². The number of carbonyl (C=O) groups excluding carboxylic acids is 4. The number of nitrogens with zero attached hydrogens (tertiary/aromatic N) is 4. The predicted octanol–water partition coefficient (Wildman–Crippen LogP) is -3.68. The van der Waals surface area contributed by atoms with Gasteiger partial charge in [-0.1, -0.05) is 6.07 Å². The van der Waals surface area contributed by atoms with Crippen LogP contribution in [0.4, 0.5) is 0 Å². The molecule has 2 aromatic carbocycles. The van der Waals surface area contributed by atoms with Gasteiger partial charge in [-0.2, -0.15) is 0 Å². The first-order valence-electron chi connectivity index (χ1n) is 17.2. The minimum atomic E-state index is -1.31. The van der Waals surface area contributed by atoms with Crippen molar-refractivity contribution >= 4 is 23.8 Å². The molecular formula is C36H46GdN5O12. The monoisotopic (exact) mass is 898 g/mol. The van der Waals surface area contributed by atoms with Crippen LogP contribution >= 0.6 is 0 Å². The Balaban J connectivity index is 0.00000784. The summed E-state index contributed by atoms with van der Waals surface area (Å²) in [7, 11) is 5.92. The number of carboxylic acid groups (broad SMARTS) is 3. The molecule has 1 amide bonds. The Morgan fingerprint density at radius 2 is 1.13 bits per heavy atom. The van der Waals surface area contributed by atoms with Crippen molar-refractivity contribution in [3.8, 4) is 34.1 Å². The van der Waals surface area contributed by atoms with E-state index in [2.05, 4.69) is 5.32 Å². The number of benzene rings is 1. The van der Waals surface area contributed by atoms with E-state index in [9.17, 15) is 39.3 Å². The summed E-state index contributed by atoms with van der Waals surface area (Å²) >= 11 is 0. The van der Waals surface area contributed by atoms with Gasteiger partial charge in [0.1, 0.15) is 0 Å². The molecule has 1 heterocycles. The van der Waals surface area contributed by atoms with Gasteiger partial charge in [0.2, 0.25) is 17.1 Å². The molecule has 17 nitrogen and oxygen atoms in total. The van der Waals surface area contributed by atoms with Crippen LogP contribution in [0.5, 0.6) is 23.0 Å². The van der Waals surface area contributed by atoms with E-state index in [0.29, 0.717) is 46.8 Å². The second-order valence-electron chi connectivity index (χ2n) is 12.8. The molecule has 1 fully saturated rings. The number of amides is 1. The van der Waals surface area contributed by atoms with Gasteiger partial charge >= 0.3 is 39.9 Å². The van der Waals surface area contributed by atoms with Crippen LogP contribution in [0, 0.1) is 39.9 Å². The number of rotatable bonds is 13. The maximum atomic E-state index is 13.9.